The second kappa shape index (κ2) is 6.61. The van der Waals surface area contributed by atoms with Crippen LogP contribution < -0.4 is 10.6 Å². The number of nitrogens with one attached hydrogen (secondary N) is 2. The lowest BCUT2D eigenvalue weighted by Gasteiger charge is -2.13. The zero-order valence-corrected chi connectivity index (χ0v) is 10.3. The van der Waals surface area contributed by atoms with E-state index < -0.39 is 18.0 Å². The van der Waals surface area contributed by atoms with Crippen LogP contribution >= 0.6 is 0 Å². The Morgan fingerprint density at radius 2 is 2.06 bits per heavy atom. The first-order chi connectivity index (χ1) is 8.54. The number of methoxy groups -OCH3 is 1. The maximum absolute atomic E-state index is 11.6. The molecule has 0 fully saturated rings. The molecule has 2 amide bonds. The molecule has 0 aliphatic carbocycles. The van der Waals surface area contributed by atoms with Crippen LogP contribution in [0, 0.1) is 0 Å². The monoisotopic (exact) mass is 252 g/mol. The normalized spacial score (nSPS) is 11.7. The van der Waals surface area contributed by atoms with Crippen LogP contribution in [0.5, 0.6) is 0 Å². The third-order valence-electron chi connectivity index (χ3n) is 2.28. The predicted molar refractivity (Wildman–Crippen MR) is 66.4 cm³/mol. The van der Waals surface area contributed by atoms with Crippen molar-refractivity contribution in [2.75, 3.05) is 12.4 Å². The van der Waals surface area contributed by atoms with Gasteiger partial charge in [0.25, 0.3) is 0 Å². The summed E-state index contributed by atoms with van der Waals surface area (Å²) in [6.07, 6.45) is 0. The highest BCUT2D eigenvalue weighted by Gasteiger charge is 2.14. The highest BCUT2D eigenvalue weighted by Crippen LogP contribution is 2.15. The van der Waals surface area contributed by atoms with Crippen LogP contribution in [0.2, 0.25) is 0 Å². The van der Waals surface area contributed by atoms with Crippen molar-refractivity contribution < 1.29 is 19.4 Å². The highest BCUT2D eigenvalue weighted by molar-refractivity contribution is 5.92. The molecule has 1 aromatic rings. The topological polar surface area (TPSA) is 87.7 Å². The molecule has 0 aliphatic heterocycles. The smallest absolute Gasteiger partial charge is 0.325 e. The van der Waals surface area contributed by atoms with Crippen molar-refractivity contribution in [1.29, 1.82) is 0 Å². The van der Waals surface area contributed by atoms with Crippen LogP contribution in [0.3, 0.4) is 0 Å². The quantitative estimate of drug-likeness (QED) is 0.739. The molecule has 0 aliphatic rings. The van der Waals surface area contributed by atoms with Gasteiger partial charge in [0.2, 0.25) is 0 Å². The number of ether oxygens (including phenoxy) is 1. The maximum atomic E-state index is 11.6. The van der Waals surface area contributed by atoms with Gasteiger partial charge in [-0.1, -0.05) is 18.2 Å². The summed E-state index contributed by atoms with van der Waals surface area (Å²) in [5.74, 6) is -1.09. The van der Waals surface area contributed by atoms with Gasteiger partial charge in [0.1, 0.15) is 6.04 Å². The Hall–Kier alpha value is -2.08. The summed E-state index contributed by atoms with van der Waals surface area (Å²) in [4.78, 5) is 22.2. The minimum Gasteiger partial charge on any atom is -0.480 e. The van der Waals surface area contributed by atoms with Crippen molar-refractivity contribution in [3.05, 3.63) is 29.8 Å². The molecular formula is C12H16N2O4. The molecule has 0 saturated heterocycles. The molecule has 3 N–H and O–H groups in total. The standard InChI is InChI=1S/C12H16N2O4/c1-8(11(15)16)13-12(17)14-10-6-4-3-5-9(10)7-18-2/h3-6,8H,7H2,1-2H3,(H,15,16)(H2,13,14,17). The molecule has 1 rings (SSSR count). The average molecular weight is 252 g/mol. The molecule has 0 heterocycles. The average Bonchev–Trinajstić information content (AvgIpc) is 2.31. The van der Waals surface area contributed by atoms with Crippen molar-refractivity contribution in [3.63, 3.8) is 0 Å². The van der Waals surface area contributed by atoms with Gasteiger partial charge in [-0.2, -0.15) is 0 Å². The molecule has 1 atom stereocenters. The van der Waals surface area contributed by atoms with E-state index in [-0.39, 0.29) is 0 Å². The second-order valence-corrected chi connectivity index (χ2v) is 3.75. The van der Waals surface area contributed by atoms with Gasteiger partial charge in [-0.15, -0.1) is 0 Å². The molecule has 18 heavy (non-hydrogen) atoms. The number of urea groups is 1. The number of rotatable bonds is 5. The fraction of sp³-hybridized carbons (Fsp3) is 0.333. The Balaban J connectivity index is 2.66. The zero-order chi connectivity index (χ0) is 13.5. The summed E-state index contributed by atoms with van der Waals surface area (Å²) in [5.41, 5.74) is 1.41. The van der Waals surface area contributed by atoms with E-state index in [0.717, 1.165) is 5.56 Å². The first-order valence-corrected chi connectivity index (χ1v) is 5.41. The number of benzene rings is 1. The van der Waals surface area contributed by atoms with Crippen LogP contribution in [0.1, 0.15) is 12.5 Å². The number of amides is 2. The van der Waals surface area contributed by atoms with E-state index in [1.165, 1.54) is 6.92 Å². The molecule has 0 spiro atoms. The van der Waals surface area contributed by atoms with Crippen molar-refractivity contribution in [2.45, 2.75) is 19.6 Å². The fourth-order valence-electron chi connectivity index (χ4n) is 1.34. The van der Waals surface area contributed by atoms with E-state index >= 15 is 0 Å². The summed E-state index contributed by atoms with van der Waals surface area (Å²) in [5, 5.41) is 13.6. The molecular weight excluding hydrogens is 236 g/mol. The van der Waals surface area contributed by atoms with Gasteiger partial charge in [0, 0.05) is 18.4 Å². The van der Waals surface area contributed by atoms with Crippen LogP contribution in [0.4, 0.5) is 10.5 Å². The van der Waals surface area contributed by atoms with Crippen molar-refractivity contribution >= 4 is 17.7 Å². The number of carbonyl (C=O) groups excluding carboxylic acids is 1. The number of carboxylic acids is 1. The second-order valence-electron chi connectivity index (χ2n) is 3.75. The van der Waals surface area contributed by atoms with Crippen molar-refractivity contribution in [1.82, 2.24) is 5.32 Å². The molecule has 0 saturated carbocycles. The highest BCUT2D eigenvalue weighted by atomic mass is 16.5. The van der Waals surface area contributed by atoms with Crippen LogP contribution in [-0.2, 0) is 16.1 Å². The van der Waals surface area contributed by atoms with Crippen molar-refractivity contribution in [3.8, 4) is 0 Å². The third-order valence-corrected chi connectivity index (χ3v) is 2.28. The minimum atomic E-state index is -1.09. The summed E-state index contributed by atoms with van der Waals surface area (Å²) < 4.78 is 5.00. The molecule has 0 radical (unpaired) electrons. The molecule has 1 unspecified atom stereocenters. The van der Waals surface area contributed by atoms with E-state index in [4.69, 9.17) is 9.84 Å². The van der Waals surface area contributed by atoms with Gasteiger partial charge in [-0.25, -0.2) is 4.79 Å². The summed E-state index contributed by atoms with van der Waals surface area (Å²) in [6, 6.07) is 5.64. The molecule has 1 aromatic carbocycles. The number of para-hydroxylation sites is 1. The summed E-state index contributed by atoms with van der Waals surface area (Å²) >= 11 is 0. The number of carboxylic acid groups (broad SMARTS) is 1. The Morgan fingerprint density at radius 3 is 2.67 bits per heavy atom. The third kappa shape index (κ3) is 4.06. The van der Waals surface area contributed by atoms with Gasteiger partial charge >= 0.3 is 12.0 Å². The van der Waals surface area contributed by atoms with Gasteiger partial charge in [0.15, 0.2) is 0 Å². The first kappa shape index (κ1) is 14.0. The fourth-order valence-corrected chi connectivity index (χ4v) is 1.34. The van der Waals surface area contributed by atoms with E-state index in [2.05, 4.69) is 10.6 Å². The van der Waals surface area contributed by atoms with E-state index in [1.807, 2.05) is 12.1 Å². The molecule has 6 nitrogen and oxygen atoms in total. The Bertz CT molecular complexity index is 434. The lowest BCUT2D eigenvalue weighted by atomic mass is 10.2. The van der Waals surface area contributed by atoms with Crippen molar-refractivity contribution in [2.24, 2.45) is 0 Å². The van der Waals surface area contributed by atoms with Gasteiger partial charge in [-0.3, -0.25) is 4.79 Å². The Labute approximate surface area is 105 Å². The number of hydrogen-bond acceptors (Lipinski definition) is 3. The lowest BCUT2D eigenvalue weighted by Crippen LogP contribution is -2.41. The van der Waals surface area contributed by atoms with Crippen LogP contribution in [0.15, 0.2) is 24.3 Å². The molecule has 6 heteroatoms. The number of carbonyl (C=O) groups is 2. The number of anilines is 1. The summed E-state index contributed by atoms with van der Waals surface area (Å²) in [6.45, 7) is 1.76. The minimum absolute atomic E-state index is 0.366. The Kier molecular flexibility index (Phi) is 5.13. The SMILES string of the molecule is COCc1ccccc1NC(=O)NC(C)C(=O)O. The first-order valence-electron chi connectivity index (χ1n) is 5.41. The summed E-state index contributed by atoms with van der Waals surface area (Å²) in [7, 11) is 1.56. The number of aliphatic carboxylic acids is 1. The molecule has 0 aromatic heterocycles. The number of hydrogen-bond donors (Lipinski definition) is 3. The maximum Gasteiger partial charge on any atom is 0.325 e. The van der Waals surface area contributed by atoms with E-state index in [1.54, 1.807) is 19.2 Å². The van der Waals surface area contributed by atoms with Gasteiger partial charge in [0.05, 0.1) is 6.61 Å². The lowest BCUT2D eigenvalue weighted by molar-refractivity contribution is -0.138. The van der Waals surface area contributed by atoms with E-state index in [0.29, 0.717) is 12.3 Å². The Morgan fingerprint density at radius 1 is 1.39 bits per heavy atom. The zero-order valence-electron chi connectivity index (χ0n) is 10.3. The molecule has 98 valence electrons. The van der Waals surface area contributed by atoms with E-state index in [9.17, 15) is 9.59 Å². The predicted octanol–water partition coefficient (Wildman–Crippen LogP) is 1.43. The van der Waals surface area contributed by atoms with Gasteiger partial charge in [-0.05, 0) is 13.0 Å². The van der Waals surface area contributed by atoms with Crippen LogP contribution in [0.25, 0.3) is 0 Å². The largest absolute Gasteiger partial charge is 0.480 e. The molecule has 0 bridgehead atoms. The van der Waals surface area contributed by atoms with Gasteiger partial charge < -0.3 is 20.5 Å². The van der Waals surface area contributed by atoms with Crippen LogP contribution in [-0.4, -0.2) is 30.3 Å².